The minimum Gasteiger partial charge on any atom is -0.497 e. The Morgan fingerprint density at radius 2 is 1.96 bits per heavy atom. The second kappa shape index (κ2) is 7.00. The molecule has 0 amide bonds. The monoisotopic (exact) mass is 341 g/mol. The number of nitrogens with zero attached hydrogens (tertiary/aromatic N) is 3. The van der Waals surface area contributed by atoms with Gasteiger partial charge < -0.3 is 14.0 Å². The molecular formula is C17H15N3O5. The van der Waals surface area contributed by atoms with Crippen molar-refractivity contribution in [3.05, 3.63) is 64.2 Å². The third-order valence-corrected chi connectivity index (χ3v) is 3.45. The normalized spacial score (nSPS) is 10.5. The molecule has 0 spiro atoms. The number of benzene rings is 1. The van der Waals surface area contributed by atoms with Gasteiger partial charge in [-0.3, -0.25) is 4.79 Å². The van der Waals surface area contributed by atoms with Gasteiger partial charge in [0, 0.05) is 24.7 Å². The van der Waals surface area contributed by atoms with E-state index in [9.17, 15) is 9.59 Å². The summed E-state index contributed by atoms with van der Waals surface area (Å²) in [6.45, 7) is -0.0665. The van der Waals surface area contributed by atoms with Crippen molar-refractivity contribution in [3.8, 4) is 17.1 Å². The molecule has 0 saturated heterocycles. The van der Waals surface area contributed by atoms with Gasteiger partial charge >= 0.3 is 5.97 Å². The Hall–Kier alpha value is -3.42. The van der Waals surface area contributed by atoms with Gasteiger partial charge in [-0.2, -0.15) is 5.10 Å². The molecule has 128 valence electrons. The molecule has 3 aromatic rings. The van der Waals surface area contributed by atoms with Gasteiger partial charge in [-0.1, -0.05) is 5.16 Å². The average Bonchev–Trinajstić information content (AvgIpc) is 3.11. The van der Waals surface area contributed by atoms with E-state index in [1.165, 1.54) is 19.2 Å². The second-order valence-electron chi connectivity index (χ2n) is 5.17. The van der Waals surface area contributed by atoms with E-state index in [1.807, 2.05) is 24.3 Å². The topological polar surface area (TPSA) is 96.5 Å². The van der Waals surface area contributed by atoms with E-state index in [-0.39, 0.29) is 17.9 Å². The summed E-state index contributed by atoms with van der Waals surface area (Å²) in [7, 11) is 3.05. The van der Waals surface area contributed by atoms with Crippen molar-refractivity contribution in [3.63, 3.8) is 0 Å². The molecule has 0 atom stereocenters. The average molecular weight is 341 g/mol. The summed E-state index contributed by atoms with van der Waals surface area (Å²) in [5.41, 5.74) is 1.02. The van der Waals surface area contributed by atoms with E-state index in [2.05, 4.69) is 10.3 Å². The van der Waals surface area contributed by atoms with Crippen LogP contribution in [-0.2, 0) is 18.4 Å². The van der Waals surface area contributed by atoms with Crippen molar-refractivity contribution < 1.29 is 18.8 Å². The molecule has 0 unspecified atom stereocenters. The lowest BCUT2D eigenvalue weighted by molar-refractivity contribution is 0.0454. The van der Waals surface area contributed by atoms with Crippen LogP contribution >= 0.6 is 0 Å². The van der Waals surface area contributed by atoms with Gasteiger partial charge in [-0.25, -0.2) is 9.48 Å². The summed E-state index contributed by atoms with van der Waals surface area (Å²) in [5, 5.41) is 7.70. The van der Waals surface area contributed by atoms with Crippen LogP contribution in [0.4, 0.5) is 0 Å². The first-order chi connectivity index (χ1) is 12.1. The van der Waals surface area contributed by atoms with Crippen LogP contribution in [0.15, 0.2) is 51.8 Å². The van der Waals surface area contributed by atoms with Gasteiger partial charge in [-0.05, 0) is 30.3 Å². The van der Waals surface area contributed by atoms with Crippen LogP contribution in [-0.4, -0.2) is 28.0 Å². The molecule has 1 aromatic carbocycles. The maximum atomic E-state index is 12.0. The Bertz CT molecular complexity index is 943. The molecule has 0 N–H and O–H groups in total. The van der Waals surface area contributed by atoms with Crippen molar-refractivity contribution in [1.29, 1.82) is 0 Å². The fraction of sp³-hybridized carbons (Fsp3) is 0.176. The summed E-state index contributed by atoms with van der Waals surface area (Å²) < 4.78 is 16.6. The minimum absolute atomic E-state index is 0.0426. The van der Waals surface area contributed by atoms with Crippen LogP contribution in [0.3, 0.4) is 0 Å². The summed E-state index contributed by atoms with van der Waals surface area (Å²) in [6, 6.07) is 11.5. The highest BCUT2D eigenvalue weighted by molar-refractivity contribution is 5.86. The van der Waals surface area contributed by atoms with Gasteiger partial charge in [-0.15, -0.1) is 0 Å². The van der Waals surface area contributed by atoms with Crippen LogP contribution in [0.5, 0.6) is 5.75 Å². The van der Waals surface area contributed by atoms with E-state index in [0.717, 1.165) is 16.0 Å². The number of carbonyl (C=O) groups is 1. The smallest absolute Gasteiger partial charge is 0.359 e. The highest BCUT2D eigenvalue weighted by Crippen LogP contribution is 2.23. The van der Waals surface area contributed by atoms with Crippen molar-refractivity contribution in [1.82, 2.24) is 14.9 Å². The quantitative estimate of drug-likeness (QED) is 0.653. The molecule has 0 radical (unpaired) electrons. The Labute approximate surface area is 142 Å². The standard InChI is InChI=1S/C17H15N3O5/c1-20-16(21)8-7-14(18-20)17(22)24-10-12-9-15(25-19-12)11-3-5-13(23-2)6-4-11/h3-9H,10H2,1-2H3. The van der Waals surface area contributed by atoms with Gasteiger partial charge in [0.05, 0.1) is 7.11 Å². The molecule has 8 nitrogen and oxygen atoms in total. The summed E-state index contributed by atoms with van der Waals surface area (Å²) in [5.74, 6) is 0.640. The molecule has 2 aromatic heterocycles. The Balaban J connectivity index is 1.65. The Morgan fingerprint density at radius 1 is 1.20 bits per heavy atom. The maximum Gasteiger partial charge on any atom is 0.359 e. The fourth-order valence-corrected chi connectivity index (χ4v) is 2.10. The van der Waals surface area contributed by atoms with Crippen LogP contribution in [0.1, 0.15) is 16.2 Å². The van der Waals surface area contributed by atoms with Gasteiger partial charge in [0.2, 0.25) is 0 Å². The minimum atomic E-state index is -0.649. The first-order valence-electron chi connectivity index (χ1n) is 7.38. The number of ether oxygens (including phenoxy) is 2. The van der Waals surface area contributed by atoms with Crippen molar-refractivity contribution >= 4 is 5.97 Å². The number of aryl methyl sites for hydroxylation is 1. The molecule has 2 heterocycles. The van der Waals surface area contributed by atoms with Crippen molar-refractivity contribution in [2.45, 2.75) is 6.61 Å². The Morgan fingerprint density at radius 3 is 2.64 bits per heavy atom. The number of rotatable bonds is 5. The van der Waals surface area contributed by atoms with Crippen LogP contribution in [0.2, 0.25) is 0 Å². The lowest BCUT2D eigenvalue weighted by Gasteiger charge is -2.02. The lowest BCUT2D eigenvalue weighted by Crippen LogP contribution is -2.21. The first kappa shape index (κ1) is 16.4. The lowest BCUT2D eigenvalue weighted by atomic mass is 10.1. The predicted octanol–water partition coefficient (Wildman–Crippen LogP) is 1.80. The van der Waals surface area contributed by atoms with E-state index in [4.69, 9.17) is 14.0 Å². The number of hydrogen-bond donors (Lipinski definition) is 0. The number of hydrogen-bond acceptors (Lipinski definition) is 7. The van der Waals surface area contributed by atoms with E-state index >= 15 is 0 Å². The third-order valence-electron chi connectivity index (χ3n) is 3.45. The second-order valence-corrected chi connectivity index (χ2v) is 5.17. The zero-order valence-electron chi connectivity index (χ0n) is 13.6. The Kier molecular flexibility index (Phi) is 4.60. The molecule has 0 aliphatic carbocycles. The van der Waals surface area contributed by atoms with Crippen LogP contribution in [0, 0.1) is 0 Å². The van der Waals surface area contributed by atoms with Gasteiger partial charge in [0.15, 0.2) is 11.5 Å². The highest BCUT2D eigenvalue weighted by atomic mass is 16.5. The van der Waals surface area contributed by atoms with Gasteiger partial charge in [0.1, 0.15) is 18.1 Å². The number of esters is 1. The SMILES string of the molecule is COc1ccc(-c2cc(COC(=O)c3ccc(=O)n(C)n3)no2)cc1. The fourth-order valence-electron chi connectivity index (χ4n) is 2.10. The molecule has 8 heteroatoms. The van der Waals surface area contributed by atoms with Crippen LogP contribution in [0.25, 0.3) is 11.3 Å². The summed E-state index contributed by atoms with van der Waals surface area (Å²) >= 11 is 0. The number of carbonyl (C=O) groups excluding carboxylic acids is 1. The molecule has 0 saturated carbocycles. The molecule has 3 rings (SSSR count). The molecule has 0 aliphatic rings. The predicted molar refractivity (Wildman–Crippen MR) is 87.1 cm³/mol. The first-order valence-corrected chi connectivity index (χ1v) is 7.38. The molecule has 0 bridgehead atoms. The zero-order valence-corrected chi connectivity index (χ0v) is 13.6. The third kappa shape index (κ3) is 3.74. The van der Waals surface area contributed by atoms with Crippen LogP contribution < -0.4 is 10.3 Å². The largest absolute Gasteiger partial charge is 0.497 e. The number of aromatic nitrogens is 3. The van der Waals surface area contributed by atoms with E-state index in [1.54, 1.807) is 13.2 Å². The number of methoxy groups -OCH3 is 1. The summed E-state index contributed by atoms with van der Waals surface area (Å²) in [6.07, 6.45) is 0. The molecule has 0 aliphatic heterocycles. The summed E-state index contributed by atoms with van der Waals surface area (Å²) in [4.78, 5) is 23.2. The van der Waals surface area contributed by atoms with E-state index < -0.39 is 5.97 Å². The molecule has 0 fully saturated rings. The molecule has 25 heavy (non-hydrogen) atoms. The molecular weight excluding hydrogens is 326 g/mol. The highest BCUT2D eigenvalue weighted by Gasteiger charge is 2.13. The van der Waals surface area contributed by atoms with Crippen molar-refractivity contribution in [2.24, 2.45) is 7.05 Å². The zero-order chi connectivity index (χ0) is 17.8. The maximum absolute atomic E-state index is 12.0. The van der Waals surface area contributed by atoms with Crippen molar-refractivity contribution in [2.75, 3.05) is 7.11 Å². The van der Waals surface area contributed by atoms with E-state index in [0.29, 0.717) is 11.5 Å². The van der Waals surface area contributed by atoms with Gasteiger partial charge in [0.25, 0.3) is 5.56 Å².